The Kier molecular flexibility index (Phi) is 8.26. The molecular formula is C33H30ClF2N7O2S. The van der Waals surface area contributed by atoms with Crippen LogP contribution in [0.1, 0.15) is 48.2 Å². The number of aromatic nitrogens is 4. The number of pyridine rings is 1. The fourth-order valence-corrected chi connectivity index (χ4v) is 7.32. The quantitative estimate of drug-likeness (QED) is 0.125. The molecule has 2 saturated heterocycles. The van der Waals surface area contributed by atoms with Crippen molar-refractivity contribution in [1.82, 2.24) is 24.8 Å². The predicted octanol–water partition coefficient (Wildman–Crippen LogP) is 7.28. The highest BCUT2D eigenvalue weighted by Crippen LogP contribution is 2.41. The Labute approximate surface area is 273 Å². The zero-order valence-electron chi connectivity index (χ0n) is 24.8. The monoisotopic (exact) mass is 661 g/mol. The van der Waals surface area contributed by atoms with Crippen LogP contribution in [0, 0.1) is 5.82 Å². The second-order valence-electron chi connectivity index (χ2n) is 11.6. The normalized spacial score (nSPS) is 20.0. The van der Waals surface area contributed by atoms with Crippen LogP contribution in [-0.4, -0.2) is 67.1 Å². The zero-order chi connectivity index (χ0) is 31.8. The van der Waals surface area contributed by atoms with Crippen LogP contribution in [0.2, 0.25) is 5.15 Å². The molecule has 5 heterocycles. The number of fused-ring (bicyclic) bond motifs is 2. The second-order valence-corrected chi connectivity index (χ2v) is 12.8. The molecule has 2 fully saturated rings. The summed E-state index contributed by atoms with van der Waals surface area (Å²) < 4.78 is 35.7. The number of hydrogen-bond donors (Lipinski definition) is 2. The lowest BCUT2D eigenvalue weighted by molar-refractivity contribution is 0.107. The van der Waals surface area contributed by atoms with Gasteiger partial charge in [-0.3, -0.25) is 4.90 Å². The summed E-state index contributed by atoms with van der Waals surface area (Å²) >= 11 is 7.38. The van der Waals surface area contributed by atoms with Crippen LogP contribution in [0.15, 0.2) is 71.2 Å². The van der Waals surface area contributed by atoms with Crippen molar-refractivity contribution >= 4 is 51.2 Å². The maximum Gasteiger partial charge on any atom is 0.319 e. The van der Waals surface area contributed by atoms with Crippen molar-refractivity contribution in [3.8, 4) is 11.9 Å². The lowest BCUT2D eigenvalue weighted by Gasteiger charge is -2.30. The summed E-state index contributed by atoms with van der Waals surface area (Å²) in [5, 5.41) is 13.5. The van der Waals surface area contributed by atoms with Gasteiger partial charge in [-0.05, 0) is 26.3 Å². The average molecular weight is 662 g/mol. The van der Waals surface area contributed by atoms with Crippen LogP contribution in [0.25, 0.3) is 10.9 Å². The first kappa shape index (κ1) is 30.4. The SMILES string of the molecule is CC(Nc1nc(OC[C@@]23CCCN2C[C@H](F)C3)nc2c(F)c(Cl)nc(O)c12)c1scnc1N=C(c1ccccc1)c1ccccc1. The summed E-state index contributed by atoms with van der Waals surface area (Å²) in [4.78, 5) is 25.0. The number of nitrogens with one attached hydrogen (secondary N) is 1. The molecule has 0 radical (unpaired) electrons. The number of rotatable bonds is 9. The van der Waals surface area contributed by atoms with Gasteiger partial charge >= 0.3 is 6.01 Å². The molecule has 5 aromatic rings. The number of aromatic hydroxyl groups is 1. The van der Waals surface area contributed by atoms with E-state index in [1.165, 1.54) is 11.3 Å². The Hall–Kier alpha value is -4.26. The molecule has 3 aromatic heterocycles. The van der Waals surface area contributed by atoms with Crippen LogP contribution < -0.4 is 10.1 Å². The van der Waals surface area contributed by atoms with Crippen molar-refractivity contribution in [3.05, 3.63) is 93.1 Å². The molecule has 3 atom stereocenters. The van der Waals surface area contributed by atoms with E-state index in [2.05, 4.69) is 30.2 Å². The van der Waals surface area contributed by atoms with Crippen LogP contribution in [0.5, 0.6) is 11.9 Å². The minimum Gasteiger partial charge on any atom is -0.493 e. The number of aliphatic imine (C=N–C) groups is 1. The summed E-state index contributed by atoms with van der Waals surface area (Å²) in [6.45, 7) is 3.20. The van der Waals surface area contributed by atoms with E-state index < -0.39 is 34.6 Å². The topological polar surface area (TPSA) is 109 Å². The molecule has 0 saturated carbocycles. The third-order valence-corrected chi connectivity index (χ3v) is 9.82. The molecule has 2 N–H and O–H groups in total. The van der Waals surface area contributed by atoms with Gasteiger partial charge < -0.3 is 15.2 Å². The minimum atomic E-state index is -0.931. The van der Waals surface area contributed by atoms with E-state index in [-0.39, 0.29) is 29.3 Å². The lowest BCUT2D eigenvalue weighted by atomic mass is 9.95. The third kappa shape index (κ3) is 5.76. The van der Waals surface area contributed by atoms with Gasteiger partial charge in [0.15, 0.2) is 16.8 Å². The standard InChI is InChI=1S/C33H30ClF2N7O2S/c1-19(27-30(37-18-46-27)39-25(20-9-4-2-5-10-20)21-11-6-3-7-12-21)38-29-23-26(24(36)28(34)41-31(23)44)40-32(42-29)45-17-33-13-8-14-43(33)16-22(35)15-33/h2-7,9-12,18-19,22H,8,13-17H2,1H3,(H,41,44)(H,38,40,42)/t19?,22-,33+/m1/s1. The van der Waals surface area contributed by atoms with Gasteiger partial charge in [-0.1, -0.05) is 72.3 Å². The molecule has 236 valence electrons. The van der Waals surface area contributed by atoms with E-state index in [1.54, 1.807) is 5.51 Å². The van der Waals surface area contributed by atoms with E-state index in [1.807, 2.05) is 67.6 Å². The molecule has 1 unspecified atom stereocenters. The largest absolute Gasteiger partial charge is 0.493 e. The van der Waals surface area contributed by atoms with Crippen LogP contribution in [-0.2, 0) is 0 Å². The zero-order valence-corrected chi connectivity index (χ0v) is 26.4. The summed E-state index contributed by atoms with van der Waals surface area (Å²) in [7, 11) is 0. The summed E-state index contributed by atoms with van der Waals surface area (Å²) in [5.74, 6) is -0.849. The number of anilines is 1. The van der Waals surface area contributed by atoms with Crippen molar-refractivity contribution in [3.63, 3.8) is 0 Å². The molecular weight excluding hydrogens is 632 g/mol. The van der Waals surface area contributed by atoms with Gasteiger partial charge in [0.05, 0.1) is 27.7 Å². The molecule has 13 heteroatoms. The molecule has 0 bridgehead atoms. The number of alkyl halides is 1. The van der Waals surface area contributed by atoms with Crippen molar-refractivity contribution in [2.75, 3.05) is 25.0 Å². The highest BCUT2D eigenvalue weighted by atomic mass is 35.5. The van der Waals surface area contributed by atoms with Gasteiger partial charge in [-0.25, -0.2) is 18.8 Å². The van der Waals surface area contributed by atoms with E-state index in [4.69, 9.17) is 21.3 Å². The molecule has 0 amide bonds. The lowest BCUT2D eigenvalue weighted by Crippen LogP contribution is -2.43. The van der Waals surface area contributed by atoms with Crippen molar-refractivity contribution in [2.45, 2.75) is 43.9 Å². The summed E-state index contributed by atoms with van der Waals surface area (Å²) in [6.07, 6.45) is 1.16. The number of nitrogens with zero attached hydrogens (tertiary/aromatic N) is 6. The van der Waals surface area contributed by atoms with Crippen LogP contribution in [0.4, 0.5) is 20.4 Å². The highest BCUT2D eigenvalue weighted by Gasteiger charge is 2.49. The summed E-state index contributed by atoms with van der Waals surface area (Å²) in [6, 6.07) is 19.1. The minimum absolute atomic E-state index is 0.0460. The first-order valence-electron chi connectivity index (χ1n) is 15.0. The van der Waals surface area contributed by atoms with E-state index >= 15 is 4.39 Å². The Balaban J connectivity index is 1.24. The summed E-state index contributed by atoms with van der Waals surface area (Å²) in [5.41, 5.74) is 3.62. The molecule has 2 aromatic carbocycles. The first-order chi connectivity index (χ1) is 22.3. The first-order valence-corrected chi connectivity index (χ1v) is 16.2. The molecule has 2 aliphatic heterocycles. The van der Waals surface area contributed by atoms with Gasteiger partial charge in [0.1, 0.15) is 29.5 Å². The smallest absolute Gasteiger partial charge is 0.319 e. The van der Waals surface area contributed by atoms with Gasteiger partial charge in [0, 0.05) is 24.1 Å². The fourth-order valence-electron chi connectivity index (χ4n) is 6.42. The Morgan fingerprint density at radius 1 is 1.15 bits per heavy atom. The number of thiazole rings is 1. The number of halogens is 3. The van der Waals surface area contributed by atoms with E-state index in [0.29, 0.717) is 18.8 Å². The molecule has 7 rings (SSSR count). The fraction of sp³-hybridized carbons (Fsp3) is 0.303. The Morgan fingerprint density at radius 2 is 1.87 bits per heavy atom. The van der Waals surface area contributed by atoms with Gasteiger partial charge in [-0.2, -0.15) is 15.0 Å². The Morgan fingerprint density at radius 3 is 2.59 bits per heavy atom. The van der Waals surface area contributed by atoms with E-state index in [9.17, 15) is 9.50 Å². The van der Waals surface area contributed by atoms with Crippen LogP contribution in [0.3, 0.4) is 0 Å². The van der Waals surface area contributed by atoms with Gasteiger partial charge in [-0.15, -0.1) is 11.3 Å². The molecule has 2 aliphatic rings. The maximum atomic E-state index is 15.3. The van der Waals surface area contributed by atoms with Crippen molar-refractivity contribution in [1.29, 1.82) is 0 Å². The average Bonchev–Trinajstić information content (AvgIpc) is 3.76. The maximum absolute atomic E-state index is 15.3. The second kappa shape index (κ2) is 12.5. The molecule has 46 heavy (non-hydrogen) atoms. The Bertz CT molecular complexity index is 1870. The predicted molar refractivity (Wildman–Crippen MR) is 175 cm³/mol. The van der Waals surface area contributed by atoms with Crippen LogP contribution >= 0.6 is 22.9 Å². The van der Waals surface area contributed by atoms with Crippen molar-refractivity contribution < 1.29 is 18.6 Å². The molecule has 9 nitrogen and oxygen atoms in total. The van der Waals surface area contributed by atoms with Crippen molar-refractivity contribution in [2.24, 2.45) is 4.99 Å². The van der Waals surface area contributed by atoms with Gasteiger partial charge in [0.25, 0.3) is 0 Å². The number of hydrogen-bond acceptors (Lipinski definition) is 10. The van der Waals surface area contributed by atoms with Gasteiger partial charge in [0.2, 0.25) is 5.88 Å². The van der Waals surface area contributed by atoms with E-state index in [0.717, 1.165) is 41.1 Å². The molecule has 0 spiro atoms. The molecule has 0 aliphatic carbocycles. The highest BCUT2D eigenvalue weighted by molar-refractivity contribution is 7.10. The number of ether oxygens (including phenoxy) is 1. The number of benzene rings is 2. The third-order valence-electron chi connectivity index (χ3n) is 8.57.